The zero-order valence-electron chi connectivity index (χ0n) is 16.1. The molecule has 0 unspecified atom stereocenters. The number of aromatic nitrogens is 1. The summed E-state index contributed by atoms with van der Waals surface area (Å²) in [4.78, 5) is 3.73. The lowest BCUT2D eigenvalue weighted by molar-refractivity contribution is 0.460. The van der Waals surface area contributed by atoms with Crippen LogP contribution in [-0.4, -0.2) is 18.1 Å². The molecule has 2 aliphatic rings. The minimum absolute atomic E-state index is 0.701. The Morgan fingerprint density at radius 3 is 2.54 bits per heavy atom. The molecule has 2 fully saturated rings. The lowest BCUT2D eigenvalue weighted by Gasteiger charge is -2.23. The molecule has 2 heterocycles. The number of H-pyrrole nitrogens is 1. The molecule has 4 rings (SSSR count). The van der Waals surface area contributed by atoms with Gasteiger partial charge in [-0.3, -0.25) is 0 Å². The van der Waals surface area contributed by atoms with Crippen LogP contribution in [0.15, 0.2) is 48.6 Å². The molecule has 1 saturated heterocycles. The zero-order valence-corrected chi connectivity index (χ0v) is 16.1. The number of nitrogens with one attached hydrogen (secondary N) is 2. The summed E-state index contributed by atoms with van der Waals surface area (Å²) in [7, 11) is 0. The maximum Gasteiger partial charge on any atom is 0.0500 e. The first-order chi connectivity index (χ1) is 12.7. The SMILES string of the molecule is C=C(C)/C=C(\C=C/C)c1[nH]c2ccc(C3CCNCC3)cc2c1C1CC1. The quantitative estimate of drug-likeness (QED) is 0.634. The molecule has 1 aromatic carbocycles. The third kappa shape index (κ3) is 3.43. The molecule has 26 heavy (non-hydrogen) atoms. The Morgan fingerprint density at radius 2 is 1.88 bits per heavy atom. The van der Waals surface area contributed by atoms with Crippen molar-refractivity contribution in [1.29, 1.82) is 0 Å². The third-order valence-electron chi connectivity index (χ3n) is 5.70. The van der Waals surface area contributed by atoms with Crippen molar-refractivity contribution in [3.05, 3.63) is 65.4 Å². The third-order valence-corrected chi connectivity index (χ3v) is 5.70. The molecule has 136 valence electrons. The molecular formula is C24H30N2. The van der Waals surface area contributed by atoms with Crippen LogP contribution in [0.4, 0.5) is 0 Å². The Labute approximate surface area is 157 Å². The fourth-order valence-electron chi connectivity index (χ4n) is 4.31. The average molecular weight is 347 g/mol. The number of fused-ring (bicyclic) bond motifs is 1. The molecule has 0 bridgehead atoms. The van der Waals surface area contributed by atoms with E-state index >= 15 is 0 Å². The van der Waals surface area contributed by atoms with Gasteiger partial charge in [-0.2, -0.15) is 0 Å². The van der Waals surface area contributed by atoms with Crippen LogP contribution in [0.3, 0.4) is 0 Å². The smallest absolute Gasteiger partial charge is 0.0500 e. The van der Waals surface area contributed by atoms with Crippen LogP contribution in [0.25, 0.3) is 16.5 Å². The lowest BCUT2D eigenvalue weighted by Crippen LogP contribution is -2.26. The monoisotopic (exact) mass is 346 g/mol. The van der Waals surface area contributed by atoms with Crippen LogP contribution >= 0.6 is 0 Å². The summed E-state index contributed by atoms with van der Waals surface area (Å²) >= 11 is 0. The zero-order chi connectivity index (χ0) is 18.1. The Morgan fingerprint density at radius 1 is 1.12 bits per heavy atom. The summed E-state index contributed by atoms with van der Waals surface area (Å²) < 4.78 is 0. The van der Waals surface area contributed by atoms with E-state index in [9.17, 15) is 0 Å². The van der Waals surface area contributed by atoms with Crippen LogP contribution in [0.2, 0.25) is 0 Å². The molecule has 1 aromatic heterocycles. The largest absolute Gasteiger partial charge is 0.354 e. The Kier molecular flexibility index (Phi) is 4.86. The van der Waals surface area contributed by atoms with E-state index in [1.807, 2.05) is 0 Å². The average Bonchev–Trinajstić information content (AvgIpc) is 3.41. The van der Waals surface area contributed by atoms with E-state index < -0.39 is 0 Å². The van der Waals surface area contributed by atoms with E-state index in [1.54, 1.807) is 0 Å². The maximum absolute atomic E-state index is 4.09. The normalized spacial score (nSPS) is 19.5. The molecule has 1 aliphatic carbocycles. The highest BCUT2D eigenvalue weighted by Crippen LogP contribution is 2.47. The highest BCUT2D eigenvalue weighted by atomic mass is 14.9. The molecule has 0 amide bonds. The van der Waals surface area contributed by atoms with E-state index in [2.05, 4.69) is 67.2 Å². The van der Waals surface area contributed by atoms with Gasteiger partial charge in [-0.05, 0) is 93.3 Å². The van der Waals surface area contributed by atoms with Crippen molar-refractivity contribution in [3.63, 3.8) is 0 Å². The summed E-state index contributed by atoms with van der Waals surface area (Å²) in [6, 6.07) is 7.12. The van der Waals surface area contributed by atoms with Crippen molar-refractivity contribution in [2.24, 2.45) is 0 Å². The van der Waals surface area contributed by atoms with E-state index in [0.717, 1.165) is 18.7 Å². The van der Waals surface area contributed by atoms with Crippen LogP contribution in [0.5, 0.6) is 0 Å². The van der Waals surface area contributed by atoms with Crippen molar-refractivity contribution in [2.45, 2.75) is 51.4 Å². The van der Waals surface area contributed by atoms with Crippen molar-refractivity contribution < 1.29 is 0 Å². The van der Waals surface area contributed by atoms with Gasteiger partial charge in [0.25, 0.3) is 0 Å². The molecule has 2 nitrogen and oxygen atoms in total. The molecule has 1 aliphatic heterocycles. The van der Waals surface area contributed by atoms with Crippen LogP contribution in [0.1, 0.15) is 68.2 Å². The summed E-state index contributed by atoms with van der Waals surface area (Å²) in [5.41, 5.74) is 7.96. The lowest BCUT2D eigenvalue weighted by atomic mass is 9.89. The van der Waals surface area contributed by atoms with Crippen molar-refractivity contribution in [1.82, 2.24) is 10.3 Å². The molecule has 1 saturated carbocycles. The van der Waals surface area contributed by atoms with E-state index in [4.69, 9.17) is 0 Å². The summed E-state index contributed by atoms with van der Waals surface area (Å²) in [6.07, 6.45) is 11.7. The van der Waals surface area contributed by atoms with Crippen molar-refractivity contribution >= 4 is 16.5 Å². The number of piperidine rings is 1. The van der Waals surface area contributed by atoms with Gasteiger partial charge in [0.05, 0.1) is 0 Å². The van der Waals surface area contributed by atoms with Crippen molar-refractivity contribution in [2.75, 3.05) is 13.1 Å². The molecule has 2 N–H and O–H groups in total. The number of rotatable bonds is 5. The number of hydrogen-bond acceptors (Lipinski definition) is 1. The second-order valence-electron chi connectivity index (χ2n) is 7.96. The maximum atomic E-state index is 4.09. The summed E-state index contributed by atoms with van der Waals surface area (Å²) in [5.74, 6) is 1.41. The first kappa shape index (κ1) is 17.4. The standard InChI is InChI=1S/C24H30N2/c1-4-5-20(14-16(2)3)24-23(18-6-7-18)21-15-19(8-9-22(21)26-24)17-10-12-25-13-11-17/h4-5,8-9,14-15,17-18,25-26H,2,6-7,10-13H2,1,3H3/b5-4-,20-14+. The number of benzene rings is 1. The minimum atomic E-state index is 0.701. The second-order valence-corrected chi connectivity index (χ2v) is 7.96. The molecule has 2 heteroatoms. The molecular weight excluding hydrogens is 316 g/mol. The van der Waals surface area contributed by atoms with Gasteiger partial charge in [0.1, 0.15) is 0 Å². The predicted molar refractivity (Wildman–Crippen MR) is 113 cm³/mol. The van der Waals surface area contributed by atoms with Gasteiger partial charge >= 0.3 is 0 Å². The Bertz CT molecular complexity index is 871. The first-order valence-corrected chi connectivity index (χ1v) is 10.0. The summed E-state index contributed by atoms with van der Waals surface area (Å²) in [5, 5.41) is 4.92. The molecule has 0 radical (unpaired) electrons. The molecule has 2 aromatic rings. The Hall–Kier alpha value is -2.06. The van der Waals surface area contributed by atoms with Gasteiger partial charge < -0.3 is 10.3 Å². The molecule has 0 atom stereocenters. The van der Waals surface area contributed by atoms with Crippen LogP contribution < -0.4 is 5.32 Å². The first-order valence-electron chi connectivity index (χ1n) is 10.0. The fraction of sp³-hybridized carbons (Fsp3) is 0.417. The number of hydrogen-bond donors (Lipinski definition) is 2. The van der Waals surface area contributed by atoms with Crippen LogP contribution in [-0.2, 0) is 0 Å². The van der Waals surface area contributed by atoms with E-state index in [0.29, 0.717) is 11.8 Å². The van der Waals surface area contributed by atoms with Gasteiger partial charge in [-0.25, -0.2) is 0 Å². The van der Waals surface area contributed by atoms with Gasteiger partial charge in [0, 0.05) is 16.6 Å². The number of allylic oxidation sites excluding steroid dienone is 5. The second kappa shape index (κ2) is 7.28. The van der Waals surface area contributed by atoms with Gasteiger partial charge in [-0.15, -0.1) is 0 Å². The van der Waals surface area contributed by atoms with Gasteiger partial charge in [-0.1, -0.05) is 36.4 Å². The highest BCUT2D eigenvalue weighted by Gasteiger charge is 2.30. The van der Waals surface area contributed by atoms with Crippen LogP contribution in [0, 0.1) is 0 Å². The summed E-state index contributed by atoms with van der Waals surface area (Å²) in [6.45, 7) is 10.5. The van der Waals surface area contributed by atoms with Gasteiger partial charge in [0.15, 0.2) is 0 Å². The minimum Gasteiger partial charge on any atom is -0.354 e. The van der Waals surface area contributed by atoms with E-state index in [-0.39, 0.29) is 0 Å². The van der Waals surface area contributed by atoms with E-state index in [1.165, 1.54) is 59.0 Å². The topological polar surface area (TPSA) is 27.8 Å². The van der Waals surface area contributed by atoms with Gasteiger partial charge in [0.2, 0.25) is 0 Å². The highest BCUT2D eigenvalue weighted by molar-refractivity contribution is 5.93. The Balaban J connectivity index is 1.83. The molecule has 0 spiro atoms. The predicted octanol–water partition coefficient (Wildman–Crippen LogP) is 6.05. The number of aromatic amines is 1. The van der Waals surface area contributed by atoms with Crippen molar-refractivity contribution in [3.8, 4) is 0 Å². The fourth-order valence-corrected chi connectivity index (χ4v) is 4.31.